The van der Waals surface area contributed by atoms with Crippen molar-refractivity contribution in [1.82, 2.24) is 20.2 Å². The average Bonchev–Trinajstić information content (AvgIpc) is 3.19. The third-order valence-electron chi connectivity index (χ3n) is 3.42. The van der Waals surface area contributed by atoms with E-state index in [1.165, 1.54) is 0 Å². The van der Waals surface area contributed by atoms with Crippen LogP contribution in [0.4, 0.5) is 5.13 Å². The van der Waals surface area contributed by atoms with Gasteiger partial charge in [-0.25, -0.2) is 9.97 Å². The molecule has 22 heavy (non-hydrogen) atoms. The van der Waals surface area contributed by atoms with Crippen molar-refractivity contribution >= 4 is 16.5 Å². The first-order valence-electron chi connectivity index (χ1n) is 7.60. The van der Waals surface area contributed by atoms with E-state index >= 15 is 0 Å². The fourth-order valence-electron chi connectivity index (χ4n) is 2.28. The fraction of sp³-hybridized carbons (Fsp3) is 0.643. The largest absolute Gasteiger partial charge is 0.381 e. The summed E-state index contributed by atoms with van der Waals surface area (Å²) in [6.07, 6.45) is 1.42. The van der Waals surface area contributed by atoms with Gasteiger partial charge in [-0.1, -0.05) is 0 Å². The molecule has 1 saturated heterocycles. The second kappa shape index (κ2) is 7.66. The van der Waals surface area contributed by atoms with Gasteiger partial charge in [0.25, 0.3) is 0 Å². The molecule has 2 aromatic heterocycles. The Bertz CT molecular complexity index is 579. The Balaban J connectivity index is 1.55. The van der Waals surface area contributed by atoms with Gasteiger partial charge in [-0.05, 0) is 6.92 Å². The van der Waals surface area contributed by atoms with E-state index in [4.69, 9.17) is 14.5 Å². The van der Waals surface area contributed by atoms with Crippen molar-refractivity contribution in [3.05, 3.63) is 22.7 Å². The number of aromatic amines is 1. The molecule has 1 aliphatic heterocycles. The maximum atomic E-state index is 5.37. The summed E-state index contributed by atoms with van der Waals surface area (Å²) in [7, 11) is 0. The van der Waals surface area contributed by atoms with Gasteiger partial charge in [-0.3, -0.25) is 5.10 Å². The van der Waals surface area contributed by atoms with Crippen LogP contribution in [0, 0.1) is 0 Å². The third-order valence-corrected chi connectivity index (χ3v) is 4.37. The van der Waals surface area contributed by atoms with Crippen LogP contribution in [0.5, 0.6) is 0 Å². The number of thiazole rings is 1. The van der Waals surface area contributed by atoms with Gasteiger partial charge < -0.3 is 14.4 Å². The monoisotopic (exact) mass is 323 g/mol. The molecule has 0 amide bonds. The number of anilines is 1. The number of H-pyrrole nitrogens is 1. The Morgan fingerprint density at radius 3 is 3.05 bits per heavy atom. The van der Waals surface area contributed by atoms with Crippen molar-refractivity contribution in [3.8, 4) is 0 Å². The van der Waals surface area contributed by atoms with Crippen LogP contribution in [0.25, 0.3) is 0 Å². The van der Waals surface area contributed by atoms with Gasteiger partial charge in [0.1, 0.15) is 5.82 Å². The Hall–Kier alpha value is -1.51. The first kappa shape index (κ1) is 15.4. The minimum Gasteiger partial charge on any atom is -0.381 e. The van der Waals surface area contributed by atoms with E-state index in [0.29, 0.717) is 13.0 Å². The zero-order chi connectivity index (χ0) is 15.2. The van der Waals surface area contributed by atoms with Gasteiger partial charge in [0, 0.05) is 31.5 Å². The summed E-state index contributed by atoms with van der Waals surface area (Å²) in [4.78, 5) is 11.4. The van der Waals surface area contributed by atoms with Gasteiger partial charge in [0.05, 0.1) is 31.9 Å². The number of morpholine rings is 1. The maximum Gasteiger partial charge on any atom is 0.185 e. The summed E-state index contributed by atoms with van der Waals surface area (Å²) in [5.41, 5.74) is 1.03. The molecule has 0 aromatic carbocycles. The molecule has 0 atom stereocenters. The van der Waals surface area contributed by atoms with Crippen molar-refractivity contribution in [1.29, 1.82) is 0 Å². The molecule has 1 N–H and O–H groups in total. The van der Waals surface area contributed by atoms with Crippen LogP contribution in [-0.4, -0.2) is 59.7 Å². The van der Waals surface area contributed by atoms with Gasteiger partial charge in [-0.15, -0.1) is 11.3 Å². The van der Waals surface area contributed by atoms with Crippen molar-refractivity contribution in [3.63, 3.8) is 0 Å². The van der Waals surface area contributed by atoms with Crippen molar-refractivity contribution in [2.24, 2.45) is 0 Å². The molecule has 1 fully saturated rings. The van der Waals surface area contributed by atoms with Crippen LogP contribution in [0.15, 0.2) is 5.38 Å². The standard InChI is InChI=1S/C14H21N5O2S/c1-2-20-6-3-12-16-13(18-17-12)9-11-10-22-14(15-11)19-4-7-21-8-5-19/h10H,2-9H2,1H3,(H,16,17,18). The number of hydrogen-bond donors (Lipinski definition) is 1. The molecule has 8 heteroatoms. The van der Waals surface area contributed by atoms with Gasteiger partial charge in [-0.2, -0.15) is 5.10 Å². The lowest BCUT2D eigenvalue weighted by Gasteiger charge is -2.26. The predicted octanol–water partition coefficient (Wildman–Crippen LogP) is 1.27. The molecule has 7 nitrogen and oxygen atoms in total. The first-order chi connectivity index (χ1) is 10.8. The van der Waals surface area contributed by atoms with Crippen LogP contribution < -0.4 is 4.90 Å². The van der Waals surface area contributed by atoms with E-state index in [1.807, 2.05) is 6.92 Å². The summed E-state index contributed by atoms with van der Waals surface area (Å²) in [6.45, 7) is 6.75. The normalized spacial score (nSPS) is 15.4. The summed E-state index contributed by atoms with van der Waals surface area (Å²) in [6, 6.07) is 0. The molecule has 3 rings (SSSR count). The molecule has 0 saturated carbocycles. The minimum atomic E-state index is 0.658. The van der Waals surface area contributed by atoms with Crippen molar-refractivity contribution in [2.45, 2.75) is 19.8 Å². The van der Waals surface area contributed by atoms with Crippen LogP contribution in [0.1, 0.15) is 24.3 Å². The lowest BCUT2D eigenvalue weighted by Crippen LogP contribution is -2.36. The van der Waals surface area contributed by atoms with E-state index in [9.17, 15) is 0 Å². The van der Waals surface area contributed by atoms with E-state index in [-0.39, 0.29) is 0 Å². The second-order valence-corrected chi connectivity index (χ2v) is 5.88. The molecular weight excluding hydrogens is 302 g/mol. The summed E-state index contributed by atoms with van der Waals surface area (Å²) >= 11 is 1.68. The molecule has 0 aliphatic carbocycles. The van der Waals surface area contributed by atoms with Crippen LogP contribution >= 0.6 is 11.3 Å². The highest BCUT2D eigenvalue weighted by Crippen LogP contribution is 2.22. The molecule has 0 radical (unpaired) electrons. The number of aromatic nitrogens is 4. The highest BCUT2D eigenvalue weighted by molar-refractivity contribution is 7.13. The smallest absolute Gasteiger partial charge is 0.185 e. The summed E-state index contributed by atoms with van der Waals surface area (Å²) in [5.74, 6) is 1.65. The topological polar surface area (TPSA) is 76.2 Å². The molecule has 120 valence electrons. The first-order valence-corrected chi connectivity index (χ1v) is 8.48. The molecule has 1 aliphatic rings. The third kappa shape index (κ3) is 4.02. The summed E-state index contributed by atoms with van der Waals surface area (Å²) in [5, 5.41) is 10.4. The molecule has 0 bridgehead atoms. The van der Waals surface area contributed by atoms with E-state index in [1.54, 1.807) is 11.3 Å². The minimum absolute atomic E-state index is 0.658. The highest BCUT2D eigenvalue weighted by atomic mass is 32.1. The number of nitrogens with zero attached hydrogens (tertiary/aromatic N) is 4. The predicted molar refractivity (Wildman–Crippen MR) is 84.5 cm³/mol. The van der Waals surface area contributed by atoms with Crippen LogP contribution in [-0.2, 0) is 22.3 Å². The lowest BCUT2D eigenvalue weighted by molar-refractivity contribution is 0.122. The molecule has 0 spiro atoms. The van der Waals surface area contributed by atoms with Crippen molar-refractivity contribution in [2.75, 3.05) is 44.4 Å². The number of rotatable bonds is 7. The quantitative estimate of drug-likeness (QED) is 0.773. The molecule has 0 unspecified atom stereocenters. The maximum absolute atomic E-state index is 5.37. The van der Waals surface area contributed by atoms with E-state index in [2.05, 4.69) is 25.5 Å². The Labute approximate surface area is 133 Å². The fourth-order valence-corrected chi connectivity index (χ4v) is 3.16. The van der Waals surface area contributed by atoms with Crippen LogP contribution in [0.3, 0.4) is 0 Å². The zero-order valence-electron chi connectivity index (χ0n) is 12.7. The number of ether oxygens (including phenoxy) is 2. The Morgan fingerprint density at radius 1 is 1.36 bits per heavy atom. The van der Waals surface area contributed by atoms with Crippen molar-refractivity contribution < 1.29 is 9.47 Å². The van der Waals surface area contributed by atoms with Crippen LogP contribution in [0.2, 0.25) is 0 Å². The lowest BCUT2D eigenvalue weighted by atomic mass is 10.3. The molecule has 2 aromatic rings. The SMILES string of the molecule is CCOCCc1n[nH]c(Cc2csc(N3CCOCC3)n2)n1. The molecule has 3 heterocycles. The highest BCUT2D eigenvalue weighted by Gasteiger charge is 2.15. The summed E-state index contributed by atoms with van der Waals surface area (Å²) < 4.78 is 10.7. The van der Waals surface area contributed by atoms with Gasteiger partial charge in [0.15, 0.2) is 11.0 Å². The second-order valence-electron chi connectivity index (χ2n) is 5.04. The number of nitrogens with one attached hydrogen (secondary N) is 1. The zero-order valence-corrected chi connectivity index (χ0v) is 13.6. The van der Waals surface area contributed by atoms with Gasteiger partial charge in [0.2, 0.25) is 0 Å². The molecular formula is C14H21N5O2S. The van der Waals surface area contributed by atoms with E-state index < -0.39 is 0 Å². The van der Waals surface area contributed by atoms with E-state index in [0.717, 1.165) is 61.8 Å². The Kier molecular flexibility index (Phi) is 5.36. The Morgan fingerprint density at radius 2 is 2.23 bits per heavy atom. The van der Waals surface area contributed by atoms with Gasteiger partial charge >= 0.3 is 0 Å². The number of hydrogen-bond acceptors (Lipinski definition) is 7. The average molecular weight is 323 g/mol.